The van der Waals surface area contributed by atoms with Gasteiger partial charge < -0.3 is 15.4 Å². The monoisotopic (exact) mass is 308 g/mol. The predicted octanol–water partition coefficient (Wildman–Crippen LogP) is 2.37. The van der Waals surface area contributed by atoms with Gasteiger partial charge in [0.2, 0.25) is 5.91 Å². The van der Waals surface area contributed by atoms with Crippen LogP contribution in [-0.4, -0.2) is 42.8 Å². The van der Waals surface area contributed by atoms with Gasteiger partial charge in [0.25, 0.3) is 0 Å². The van der Waals surface area contributed by atoms with E-state index in [4.69, 9.17) is 10.5 Å². The molecular weight excluding hydrogens is 284 g/mol. The number of carbonyl (C=O) groups is 1. The van der Waals surface area contributed by atoms with Crippen LogP contribution in [0.25, 0.3) is 0 Å². The smallest absolute Gasteiger partial charge is 0.232 e. The summed E-state index contributed by atoms with van der Waals surface area (Å²) in [5.74, 6) is 1.93. The Morgan fingerprint density at radius 2 is 2.38 bits per heavy atom. The molecule has 0 spiro atoms. The minimum atomic E-state index is 0.159. The van der Waals surface area contributed by atoms with E-state index in [2.05, 4.69) is 0 Å². The molecule has 116 valence electrons. The second-order valence-electron chi connectivity index (χ2n) is 5.57. The average molecular weight is 308 g/mol. The summed E-state index contributed by atoms with van der Waals surface area (Å²) in [6.45, 7) is 3.69. The number of benzene rings is 1. The summed E-state index contributed by atoms with van der Waals surface area (Å²) < 4.78 is 5.20. The molecule has 1 saturated heterocycles. The van der Waals surface area contributed by atoms with Crippen molar-refractivity contribution in [3.8, 4) is 5.75 Å². The van der Waals surface area contributed by atoms with E-state index in [1.807, 2.05) is 36.1 Å². The van der Waals surface area contributed by atoms with Crippen molar-refractivity contribution in [2.45, 2.75) is 30.7 Å². The van der Waals surface area contributed by atoms with Gasteiger partial charge >= 0.3 is 0 Å². The molecule has 1 aliphatic rings. The van der Waals surface area contributed by atoms with Crippen LogP contribution >= 0.6 is 11.8 Å². The molecule has 2 unspecified atom stereocenters. The molecular formula is C16H24N2O2S. The van der Waals surface area contributed by atoms with Crippen molar-refractivity contribution in [1.29, 1.82) is 0 Å². The van der Waals surface area contributed by atoms with Gasteiger partial charge in [0.1, 0.15) is 5.75 Å². The summed E-state index contributed by atoms with van der Waals surface area (Å²) in [5.41, 5.74) is 5.97. The van der Waals surface area contributed by atoms with Crippen molar-refractivity contribution in [2.24, 2.45) is 11.7 Å². The number of amides is 1. The number of nitrogens with two attached hydrogens (primary N) is 1. The fourth-order valence-electron chi connectivity index (χ4n) is 2.59. The van der Waals surface area contributed by atoms with Gasteiger partial charge in [0.05, 0.1) is 12.9 Å². The Balaban J connectivity index is 1.86. The number of ether oxygens (including phenoxy) is 1. The van der Waals surface area contributed by atoms with E-state index in [9.17, 15) is 4.79 Å². The molecule has 21 heavy (non-hydrogen) atoms. The molecule has 1 heterocycles. The molecule has 1 aliphatic heterocycles. The van der Waals surface area contributed by atoms with Crippen LogP contribution in [0.3, 0.4) is 0 Å². The highest BCUT2D eigenvalue weighted by molar-refractivity contribution is 8.00. The van der Waals surface area contributed by atoms with E-state index in [-0.39, 0.29) is 11.9 Å². The molecule has 2 atom stereocenters. The lowest BCUT2D eigenvalue weighted by Crippen LogP contribution is -2.45. The lowest BCUT2D eigenvalue weighted by molar-refractivity contribution is -0.130. The van der Waals surface area contributed by atoms with E-state index >= 15 is 0 Å². The Hall–Kier alpha value is -1.20. The number of likely N-dealkylation sites (tertiary alicyclic amines) is 1. The van der Waals surface area contributed by atoms with Crippen LogP contribution in [0.15, 0.2) is 29.2 Å². The molecule has 1 aromatic rings. The fourth-order valence-corrected chi connectivity index (χ4v) is 3.44. The quantitative estimate of drug-likeness (QED) is 0.849. The third-order valence-corrected chi connectivity index (χ3v) is 4.94. The van der Waals surface area contributed by atoms with Gasteiger partial charge in [-0.15, -0.1) is 11.8 Å². The van der Waals surface area contributed by atoms with E-state index in [0.29, 0.717) is 11.7 Å². The minimum absolute atomic E-state index is 0.159. The standard InChI is InChI=1S/C16H24N2O2S/c1-12(17)13-5-4-8-18(10-13)16(19)11-21-15-7-3-6-14(9-15)20-2/h3,6-7,9,12-13H,4-5,8,10-11,17H2,1-2H3. The van der Waals surface area contributed by atoms with Gasteiger partial charge in [-0.1, -0.05) is 6.07 Å². The van der Waals surface area contributed by atoms with Gasteiger partial charge in [0.15, 0.2) is 0 Å². The Bertz CT molecular complexity index is 479. The Morgan fingerprint density at radius 3 is 3.10 bits per heavy atom. The van der Waals surface area contributed by atoms with Gasteiger partial charge in [-0.05, 0) is 43.9 Å². The van der Waals surface area contributed by atoms with E-state index in [1.54, 1.807) is 18.9 Å². The van der Waals surface area contributed by atoms with Crippen LogP contribution in [-0.2, 0) is 4.79 Å². The first-order valence-corrected chi connectivity index (χ1v) is 8.39. The van der Waals surface area contributed by atoms with Crippen molar-refractivity contribution in [3.05, 3.63) is 24.3 Å². The first kappa shape index (κ1) is 16.2. The van der Waals surface area contributed by atoms with Crippen LogP contribution in [0.1, 0.15) is 19.8 Å². The summed E-state index contributed by atoms with van der Waals surface area (Å²) in [7, 11) is 1.65. The van der Waals surface area contributed by atoms with Crippen molar-refractivity contribution < 1.29 is 9.53 Å². The van der Waals surface area contributed by atoms with Crippen molar-refractivity contribution >= 4 is 17.7 Å². The Kier molecular flexibility index (Phi) is 5.94. The largest absolute Gasteiger partial charge is 0.497 e. The topological polar surface area (TPSA) is 55.6 Å². The van der Waals surface area contributed by atoms with Crippen molar-refractivity contribution in [2.75, 3.05) is 26.0 Å². The molecule has 0 saturated carbocycles. The number of hydrogen-bond acceptors (Lipinski definition) is 4. The van der Waals surface area contributed by atoms with Crippen molar-refractivity contribution in [3.63, 3.8) is 0 Å². The molecule has 2 N–H and O–H groups in total. The highest BCUT2D eigenvalue weighted by Gasteiger charge is 2.25. The van der Waals surface area contributed by atoms with Gasteiger partial charge in [-0.2, -0.15) is 0 Å². The molecule has 0 aliphatic carbocycles. The lowest BCUT2D eigenvalue weighted by Gasteiger charge is -2.34. The van der Waals surface area contributed by atoms with Crippen LogP contribution < -0.4 is 10.5 Å². The maximum absolute atomic E-state index is 12.3. The molecule has 4 nitrogen and oxygen atoms in total. The van der Waals surface area contributed by atoms with Crippen molar-refractivity contribution in [1.82, 2.24) is 4.90 Å². The maximum Gasteiger partial charge on any atom is 0.232 e. The van der Waals surface area contributed by atoms with Gasteiger partial charge in [-0.25, -0.2) is 0 Å². The lowest BCUT2D eigenvalue weighted by atomic mass is 9.92. The highest BCUT2D eigenvalue weighted by atomic mass is 32.2. The molecule has 1 fully saturated rings. The summed E-state index contributed by atoms with van der Waals surface area (Å²) >= 11 is 1.56. The third kappa shape index (κ3) is 4.64. The van der Waals surface area contributed by atoms with Crippen LogP contribution in [0.2, 0.25) is 0 Å². The maximum atomic E-state index is 12.3. The normalized spacial score (nSPS) is 20.1. The molecule has 0 aromatic heterocycles. The number of carbonyl (C=O) groups excluding carboxylic acids is 1. The number of rotatable bonds is 5. The zero-order valence-electron chi connectivity index (χ0n) is 12.7. The first-order chi connectivity index (χ1) is 10.1. The number of thioether (sulfide) groups is 1. The number of piperidine rings is 1. The van der Waals surface area contributed by atoms with Crippen LogP contribution in [0, 0.1) is 5.92 Å². The fraction of sp³-hybridized carbons (Fsp3) is 0.562. The highest BCUT2D eigenvalue weighted by Crippen LogP contribution is 2.24. The second-order valence-corrected chi connectivity index (χ2v) is 6.62. The number of nitrogens with zero attached hydrogens (tertiary/aromatic N) is 1. The zero-order chi connectivity index (χ0) is 15.2. The minimum Gasteiger partial charge on any atom is -0.497 e. The van der Waals surface area contributed by atoms with E-state index in [0.717, 1.165) is 36.6 Å². The van der Waals surface area contributed by atoms with Crippen LogP contribution in [0.5, 0.6) is 5.75 Å². The number of methoxy groups -OCH3 is 1. The van der Waals surface area contributed by atoms with Gasteiger partial charge in [-0.3, -0.25) is 4.79 Å². The third-order valence-electron chi connectivity index (χ3n) is 3.96. The molecule has 1 aromatic carbocycles. The van der Waals surface area contributed by atoms with E-state index < -0.39 is 0 Å². The first-order valence-electron chi connectivity index (χ1n) is 7.40. The molecule has 5 heteroatoms. The summed E-state index contributed by atoms with van der Waals surface area (Å²) in [6, 6.07) is 7.97. The molecule has 1 amide bonds. The van der Waals surface area contributed by atoms with Crippen LogP contribution in [0.4, 0.5) is 0 Å². The Morgan fingerprint density at radius 1 is 1.57 bits per heavy atom. The van der Waals surface area contributed by atoms with Gasteiger partial charge in [0, 0.05) is 24.0 Å². The van der Waals surface area contributed by atoms with E-state index in [1.165, 1.54) is 0 Å². The zero-order valence-corrected chi connectivity index (χ0v) is 13.6. The predicted molar refractivity (Wildman–Crippen MR) is 86.7 cm³/mol. The molecule has 0 radical (unpaired) electrons. The average Bonchev–Trinajstić information content (AvgIpc) is 2.53. The summed E-state index contributed by atoms with van der Waals surface area (Å²) in [4.78, 5) is 15.3. The summed E-state index contributed by atoms with van der Waals surface area (Å²) in [5, 5.41) is 0. The Labute approximate surface area is 131 Å². The summed E-state index contributed by atoms with van der Waals surface area (Å²) in [6.07, 6.45) is 2.19. The SMILES string of the molecule is COc1cccc(SCC(=O)N2CCCC(C(C)N)C2)c1. The molecule has 0 bridgehead atoms. The molecule has 2 rings (SSSR count). The second kappa shape index (κ2) is 7.71. The number of hydrogen-bond donors (Lipinski definition) is 1.